The summed E-state index contributed by atoms with van der Waals surface area (Å²) in [5.41, 5.74) is 0. The van der Waals surface area contributed by atoms with Gasteiger partial charge < -0.3 is 24.9 Å². The Labute approximate surface area is 195 Å². The summed E-state index contributed by atoms with van der Waals surface area (Å²) in [6.45, 7) is 2.00. The Morgan fingerprint density at radius 1 is 1.43 bits per heavy atom. The average molecular weight is 444 g/mol. The maximum atomic E-state index is 14.8. The quantitative estimate of drug-likeness (QED) is 0.217. The van der Waals surface area contributed by atoms with E-state index in [0.717, 1.165) is 25.3 Å². The Kier molecular flexibility index (Phi) is 10.2. The van der Waals surface area contributed by atoms with Crippen LogP contribution in [0.4, 0.5) is 17.6 Å². The summed E-state index contributed by atoms with van der Waals surface area (Å²) in [5.74, 6) is -8.59. The number of carbonyl (C=O) groups excluding carboxylic acids is 1. The van der Waals surface area contributed by atoms with Gasteiger partial charge in [0, 0.05) is 12.8 Å². The number of alkyl halides is 4. The van der Waals surface area contributed by atoms with Gasteiger partial charge in [-0.3, -0.25) is 0 Å². The molecule has 5 nitrogen and oxygen atoms in total. The van der Waals surface area contributed by atoms with Crippen LogP contribution in [0.15, 0.2) is 11.8 Å². The van der Waals surface area contributed by atoms with Gasteiger partial charge in [0.2, 0.25) is 0 Å². The van der Waals surface area contributed by atoms with E-state index in [2.05, 4.69) is 11.8 Å². The van der Waals surface area contributed by atoms with Crippen LogP contribution < -0.4 is 34.7 Å². The van der Waals surface area contributed by atoms with Crippen LogP contribution in [0.5, 0.6) is 0 Å². The number of hydrogen-bond donors (Lipinski definition) is 2. The van der Waals surface area contributed by atoms with Gasteiger partial charge in [0.05, 0.1) is 17.9 Å². The number of fused-ring (bicyclic) bond motifs is 1. The van der Waals surface area contributed by atoms with Crippen LogP contribution >= 0.6 is 0 Å². The fraction of sp³-hybridized carbons (Fsp3) is 0.750. The molecule has 2 aliphatic rings. The van der Waals surface area contributed by atoms with Gasteiger partial charge in [-0.25, -0.2) is 0 Å². The predicted octanol–water partition coefficient (Wildman–Crippen LogP) is -0.985. The predicted molar refractivity (Wildman–Crippen MR) is 92.6 cm³/mol. The molecule has 0 radical (unpaired) electrons. The zero-order chi connectivity index (χ0) is 21.8. The van der Waals surface area contributed by atoms with E-state index in [1.54, 1.807) is 0 Å². The fourth-order valence-electron chi connectivity index (χ4n) is 3.70. The Hall–Kier alpha value is -0.790. The van der Waals surface area contributed by atoms with Gasteiger partial charge in [-0.1, -0.05) is 31.6 Å². The second-order valence-corrected chi connectivity index (χ2v) is 7.53. The van der Waals surface area contributed by atoms with Crippen molar-refractivity contribution in [3.05, 3.63) is 11.8 Å². The van der Waals surface area contributed by atoms with Crippen molar-refractivity contribution in [3.63, 3.8) is 0 Å². The second-order valence-electron chi connectivity index (χ2n) is 7.53. The van der Waals surface area contributed by atoms with E-state index in [1.807, 2.05) is 6.92 Å². The van der Waals surface area contributed by atoms with Crippen LogP contribution in [0, 0.1) is 23.7 Å². The first kappa shape index (κ1) is 27.2. The smallest absolute Gasteiger partial charge is 0.544 e. The standard InChI is InChI=1S/C20H26F4O5.Na/c1-2-3-4-6-12(25)8-9-13-14(26)11-15-17(13)20(23,24)16(29-15)7-5-10-19(21,22)18(27)28;/h7,12-15,17,25-26H,2-6,10-11H2,1H3,(H,27,28);/q;+1/p-1/b16-7-;/t12-,13-,14+,15?,17+;/m0./s1. The molecular weight excluding hydrogens is 419 g/mol. The minimum Gasteiger partial charge on any atom is -0.544 e. The van der Waals surface area contributed by atoms with Crippen molar-refractivity contribution >= 4 is 5.97 Å². The average Bonchev–Trinajstić information content (AvgIpc) is 3.06. The topological polar surface area (TPSA) is 89.8 Å². The minimum absolute atomic E-state index is 0. The largest absolute Gasteiger partial charge is 1.00 e. The Balaban J connectivity index is 0.00000450. The number of hydrogen-bond acceptors (Lipinski definition) is 5. The zero-order valence-corrected chi connectivity index (χ0v) is 19.0. The maximum Gasteiger partial charge on any atom is 1.00 e. The number of aliphatic hydroxyl groups is 2. The van der Waals surface area contributed by atoms with Crippen molar-refractivity contribution in [1.29, 1.82) is 0 Å². The molecule has 1 heterocycles. The van der Waals surface area contributed by atoms with Crippen LogP contribution in [0.2, 0.25) is 0 Å². The van der Waals surface area contributed by atoms with Gasteiger partial charge in [0.1, 0.15) is 18.2 Å². The molecule has 1 saturated heterocycles. The molecular formula is C20H25F4NaO5. The molecule has 0 spiro atoms. The monoisotopic (exact) mass is 444 g/mol. The SMILES string of the molecule is CCCCC[C@H](O)C#C[C@H]1[C@H](O)CC2O/C(=C\CCC(F)(F)C(=O)[O-])C(F)(F)[C@@H]21.[Na+]. The van der Waals surface area contributed by atoms with Crippen LogP contribution in [-0.4, -0.2) is 46.3 Å². The number of halogens is 4. The molecule has 1 unspecified atom stereocenters. The summed E-state index contributed by atoms with van der Waals surface area (Å²) in [4.78, 5) is 10.3. The molecule has 1 saturated carbocycles. The Bertz CT molecular complexity index is 688. The number of aliphatic hydroxyl groups excluding tert-OH is 2. The molecule has 0 amide bonds. The normalized spacial score (nSPS) is 29.4. The molecule has 10 heteroatoms. The molecule has 0 aromatic carbocycles. The molecule has 1 aliphatic heterocycles. The molecule has 2 fully saturated rings. The number of ether oxygens (including phenoxy) is 1. The van der Waals surface area contributed by atoms with E-state index < -0.39 is 66.6 Å². The van der Waals surface area contributed by atoms with Crippen LogP contribution in [0.1, 0.15) is 51.9 Å². The summed E-state index contributed by atoms with van der Waals surface area (Å²) >= 11 is 0. The van der Waals surface area contributed by atoms with Gasteiger partial charge in [-0.2, -0.15) is 17.6 Å². The number of unbranched alkanes of at least 4 members (excludes halogenated alkanes) is 2. The van der Waals surface area contributed by atoms with Crippen LogP contribution in [0.25, 0.3) is 0 Å². The first-order chi connectivity index (χ1) is 13.5. The number of rotatable bonds is 8. The minimum atomic E-state index is -4.13. The molecule has 164 valence electrons. The van der Waals surface area contributed by atoms with E-state index in [1.165, 1.54) is 0 Å². The van der Waals surface area contributed by atoms with E-state index in [-0.39, 0.29) is 36.0 Å². The molecule has 2 N–H and O–H groups in total. The van der Waals surface area contributed by atoms with Gasteiger partial charge >= 0.3 is 35.5 Å². The summed E-state index contributed by atoms with van der Waals surface area (Å²) in [7, 11) is 0. The first-order valence-electron chi connectivity index (χ1n) is 9.72. The molecule has 5 atom stereocenters. The van der Waals surface area contributed by atoms with E-state index in [9.17, 15) is 37.7 Å². The first-order valence-corrected chi connectivity index (χ1v) is 9.72. The number of carboxylic acid groups (broad SMARTS) is 1. The van der Waals surface area contributed by atoms with Crippen molar-refractivity contribution in [2.45, 2.75) is 82.0 Å². The number of carboxylic acids is 1. The zero-order valence-electron chi connectivity index (χ0n) is 17.0. The molecule has 0 bridgehead atoms. The van der Waals surface area contributed by atoms with E-state index >= 15 is 0 Å². The second kappa shape index (κ2) is 11.2. The molecule has 30 heavy (non-hydrogen) atoms. The van der Waals surface area contributed by atoms with E-state index in [0.29, 0.717) is 6.42 Å². The van der Waals surface area contributed by atoms with Gasteiger partial charge in [-0.05, 0) is 25.3 Å². The van der Waals surface area contributed by atoms with Crippen molar-refractivity contribution in [3.8, 4) is 11.8 Å². The molecule has 0 aromatic heterocycles. The third-order valence-electron chi connectivity index (χ3n) is 5.29. The summed E-state index contributed by atoms with van der Waals surface area (Å²) in [6, 6.07) is 0. The van der Waals surface area contributed by atoms with Crippen LogP contribution in [-0.2, 0) is 9.53 Å². The Morgan fingerprint density at radius 2 is 2.10 bits per heavy atom. The third kappa shape index (κ3) is 6.36. The van der Waals surface area contributed by atoms with E-state index in [4.69, 9.17) is 4.74 Å². The molecule has 0 aromatic rings. The molecule has 1 aliphatic carbocycles. The van der Waals surface area contributed by atoms with Gasteiger partial charge in [0.15, 0.2) is 5.76 Å². The van der Waals surface area contributed by atoms with Crippen molar-refractivity contribution in [2.24, 2.45) is 11.8 Å². The number of carbonyl (C=O) groups is 1. The number of allylic oxidation sites excluding steroid dienone is 2. The van der Waals surface area contributed by atoms with Gasteiger partial charge in [-0.15, -0.1) is 0 Å². The number of aliphatic carboxylic acids is 1. The summed E-state index contributed by atoms with van der Waals surface area (Å²) < 4.78 is 60.9. The van der Waals surface area contributed by atoms with Gasteiger partial charge in [0.25, 0.3) is 5.92 Å². The third-order valence-corrected chi connectivity index (χ3v) is 5.29. The Morgan fingerprint density at radius 3 is 2.70 bits per heavy atom. The van der Waals surface area contributed by atoms with Crippen molar-refractivity contribution < 1.29 is 72.0 Å². The summed E-state index contributed by atoms with van der Waals surface area (Å²) in [5, 5.41) is 30.3. The fourth-order valence-corrected chi connectivity index (χ4v) is 3.70. The summed E-state index contributed by atoms with van der Waals surface area (Å²) in [6.07, 6.45) is -1.33. The van der Waals surface area contributed by atoms with Crippen molar-refractivity contribution in [1.82, 2.24) is 0 Å². The molecule has 2 rings (SSSR count). The van der Waals surface area contributed by atoms with Crippen molar-refractivity contribution in [2.75, 3.05) is 0 Å². The van der Waals surface area contributed by atoms with Crippen LogP contribution in [0.3, 0.4) is 0 Å². The maximum absolute atomic E-state index is 14.8.